The van der Waals surface area contributed by atoms with Crippen LogP contribution in [0.15, 0.2) is 89.8 Å². The Balaban J connectivity index is 1.58. The van der Waals surface area contributed by atoms with E-state index in [0.717, 1.165) is 5.56 Å². The maximum absolute atomic E-state index is 12.4. The molecule has 9 heteroatoms. The Morgan fingerprint density at radius 1 is 0.938 bits per heavy atom. The summed E-state index contributed by atoms with van der Waals surface area (Å²) in [7, 11) is -3.68. The van der Waals surface area contributed by atoms with Crippen LogP contribution >= 0.6 is 0 Å². The number of anilines is 1. The van der Waals surface area contributed by atoms with Gasteiger partial charge in [-0.25, -0.2) is 13.1 Å². The minimum atomic E-state index is -3.68. The first-order valence-corrected chi connectivity index (χ1v) is 11.2. The highest BCUT2D eigenvalue weighted by atomic mass is 32.2. The first-order chi connectivity index (χ1) is 15.3. The van der Waals surface area contributed by atoms with Crippen LogP contribution in [-0.2, 0) is 21.2 Å². The summed E-state index contributed by atoms with van der Waals surface area (Å²) in [5, 5.41) is 13.6. The van der Waals surface area contributed by atoms with Gasteiger partial charge in [0.25, 0.3) is 5.69 Å². The van der Waals surface area contributed by atoms with E-state index in [9.17, 15) is 23.3 Å². The average molecular weight is 452 g/mol. The van der Waals surface area contributed by atoms with E-state index in [1.807, 2.05) is 30.3 Å². The summed E-state index contributed by atoms with van der Waals surface area (Å²) in [5.74, 6) is -0.500. The van der Waals surface area contributed by atoms with E-state index in [-0.39, 0.29) is 17.1 Å². The quantitative estimate of drug-likeness (QED) is 0.292. The second kappa shape index (κ2) is 10.5. The van der Waals surface area contributed by atoms with Crippen LogP contribution in [0.25, 0.3) is 6.08 Å². The fraction of sp³-hybridized carbons (Fsp3) is 0.0870. The molecule has 2 N–H and O–H groups in total. The number of hydrogen-bond donors (Lipinski definition) is 2. The standard InChI is InChI=1S/C23H21N3O5S/c27-23(15-10-19-8-4-5-9-22(19)26(28)29)25-20-11-13-21(14-12-20)32(30,31)24-17-16-18-6-2-1-3-7-18/h1-15,24H,16-17H2,(H,25,27). The highest BCUT2D eigenvalue weighted by molar-refractivity contribution is 7.89. The predicted octanol–water partition coefficient (Wildman–Crippen LogP) is 3.77. The lowest BCUT2D eigenvalue weighted by Crippen LogP contribution is -2.26. The van der Waals surface area contributed by atoms with Gasteiger partial charge in [0, 0.05) is 24.4 Å². The van der Waals surface area contributed by atoms with Gasteiger partial charge in [-0.15, -0.1) is 0 Å². The summed E-state index contributed by atoms with van der Waals surface area (Å²) in [5.41, 5.74) is 1.62. The number of carbonyl (C=O) groups is 1. The Morgan fingerprint density at radius 3 is 2.28 bits per heavy atom. The molecule has 3 aromatic rings. The van der Waals surface area contributed by atoms with Crippen molar-refractivity contribution in [3.8, 4) is 0 Å². The predicted molar refractivity (Wildman–Crippen MR) is 123 cm³/mol. The highest BCUT2D eigenvalue weighted by Gasteiger charge is 2.14. The lowest BCUT2D eigenvalue weighted by molar-refractivity contribution is -0.385. The van der Waals surface area contributed by atoms with Crippen LogP contribution in [0.1, 0.15) is 11.1 Å². The van der Waals surface area contributed by atoms with Crippen molar-refractivity contribution in [1.29, 1.82) is 0 Å². The first-order valence-electron chi connectivity index (χ1n) is 9.71. The molecule has 0 heterocycles. The van der Waals surface area contributed by atoms with E-state index in [0.29, 0.717) is 17.7 Å². The molecule has 0 spiro atoms. The van der Waals surface area contributed by atoms with E-state index in [1.54, 1.807) is 12.1 Å². The number of carbonyl (C=O) groups excluding carboxylic acids is 1. The SMILES string of the molecule is O=C(C=Cc1ccccc1[N+](=O)[O-])Nc1ccc(S(=O)(=O)NCCc2ccccc2)cc1. The van der Waals surface area contributed by atoms with Gasteiger partial charge in [-0.3, -0.25) is 14.9 Å². The van der Waals surface area contributed by atoms with Crippen molar-refractivity contribution in [2.24, 2.45) is 0 Å². The lowest BCUT2D eigenvalue weighted by Gasteiger charge is -2.08. The maximum atomic E-state index is 12.4. The molecule has 0 aromatic heterocycles. The van der Waals surface area contributed by atoms with Gasteiger partial charge < -0.3 is 5.32 Å². The van der Waals surface area contributed by atoms with Gasteiger partial charge in [-0.2, -0.15) is 0 Å². The molecule has 0 aliphatic carbocycles. The summed E-state index contributed by atoms with van der Waals surface area (Å²) < 4.78 is 27.4. The minimum absolute atomic E-state index is 0.0824. The fourth-order valence-electron chi connectivity index (χ4n) is 2.92. The zero-order chi connectivity index (χ0) is 23.0. The van der Waals surface area contributed by atoms with Gasteiger partial charge >= 0.3 is 0 Å². The van der Waals surface area contributed by atoms with Gasteiger partial charge in [0.05, 0.1) is 15.4 Å². The van der Waals surface area contributed by atoms with E-state index in [1.165, 1.54) is 48.6 Å². The summed E-state index contributed by atoms with van der Waals surface area (Å²) in [6.45, 7) is 0.265. The molecule has 0 saturated heterocycles. The second-order valence-corrected chi connectivity index (χ2v) is 8.56. The Kier molecular flexibility index (Phi) is 7.48. The van der Waals surface area contributed by atoms with Crippen molar-refractivity contribution in [2.45, 2.75) is 11.3 Å². The van der Waals surface area contributed by atoms with Gasteiger partial charge in [0.2, 0.25) is 15.9 Å². The molecule has 0 radical (unpaired) electrons. The van der Waals surface area contributed by atoms with Crippen molar-refractivity contribution in [1.82, 2.24) is 4.72 Å². The molecule has 164 valence electrons. The van der Waals surface area contributed by atoms with Crippen LogP contribution in [0.2, 0.25) is 0 Å². The molecule has 0 bridgehead atoms. The zero-order valence-corrected chi connectivity index (χ0v) is 17.8. The molecule has 1 amide bonds. The Hall–Kier alpha value is -3.82. The number of nitrogens with zero attached hydrogens (tertiary/aromatic N) is 1. The third-order valence-electron chi connectivity index (χ3n) is 4.53. The number of nitro groups is 1. The number of sulfonamides is 1. The normalized spacial score (nSPS) is 11.4. The average Bonchev–Trinajstić information content (AvgIpc) is 2.79. The van der Waals surface area contributed by atoms with Gasteiger partial charge in [0.15, 0.2) is 0 Å². The van der Waals surface area contributed by atoms with Crippen LogP contribution in [0.5, 0.6) is 0 Å². The van der Waals surface area contributed by atoms with Gasteiger partial charge in [-0.05, 0) is 48.4 Å². The highest BCUT2D eigenvalue weighted by Crippen LogP contribution is 2.19. The molecule has 0 aliphatic heterocycles. The molecule has 0 aliphatic rings. The lowest BCUT2D eigenvalue weighted by atomic mass is 10.1. The largest absolute Gasteiger partial charge is 0.323 e. The van der Waals surface area contributed by atoms with Crippen molar-refractivity contribution in [2.75, 3.05) is 11.9 Å². The van der Waals surface area contributed by atoms with Crippen LogP contribution in [0, 0.1) is 10.1 Å². The monoisotopic (exact) mass is 451 g/mol. The molecule has 8 nitrogen and oxygen atoms in total. The van der Waals surface area contributed by atoms with Gasteiger partial charge in [-0.1, -0.05) is 42.5 Å². The second-order valence-electron chi connectivity index (χ2n) is 6.80. The number of amides is 1. The van der Waals surface area contributed by atoms with E-state index < -0.39 is 20.9 Å². The van der Waals surface area contributed by atoms with Crippen LogP contribution < -0.4 is 10.0 Å². The van der Waals surface area contributed by atoms with Crippen molar-refractivity contribution in [3.63, 3.8) is 0 Å². The Labute approximate surface area is 185 Å². The number of nitro benzene ring substituents is 1. The molecule has 0 unspecified atom stereocenters. The fourth-order valence-corrected chi connectivity index (χ4v) is 3.95. The van der Waals surface area contributed by atoms with Crippen molar-refractivity contribution in [3.05, 3.63) is 106 Å². The summed E-state index contributed by atoms with van der Waals surface area (Å²) in [6.07, 6.45) is 3.10. The molecule has 3 aromatic carbocycles. The Bertz CT molecular complexity index is 1220. The minimum Gasteiger partial charge on any atom is -0.323 e. The molecule has 0 atom stereocenters. The van der Waals surface area contributed by atoms with Crippen LogP contribution in [0.4, 0.5) is 11.4 Å². The Morgan fingerprint density at radius 2 is 1.59 bits per heavy atom. The summed E-state index contributed by atoms with van der Waals surface area (Å²) in [4.78, 5) is 22.7. The first kappa shape index (κ1) is 22.9. The topological polar surface area (TPSA) is 118 Å². The molecule has 0 saturated carbocycles. The number of benzene rings is 3. The molecule has 0 fully saturated rings. The number of rotatable bonds is 9. The number of hydrogen-bond acceptors (Lipinski definition) is 5. The molecular formula is C23H21N3O5S. The zero-order valence-electron chi connectivity index (χ0n) is 17.0. The number of para-hydroxylation sites is 1. The van der Waals surface area contributed by atoms with E-state index >= 15 is 0 Å². The molecule has 3 rings (SSSR count). The molecular weight excluding hydrogens is 430 g/mol. The summed E-state index contributed by atoms with van der Waals surface area (Å²) >= 11 is 0. The third kappa shape index (κ3) is 6.34. The van der Waals surface area contributed by atoms with E-state index in [4.69, 9.17) is 0 Å². The molecule has 32 heavy (non-hydrogen) atoms. The summed E-state index contributed by atoms with van der Waals surface area (Å²) in [6, 6.07) is 21.3. The number of nitrogens with one attached hydrogen (secondary N) is 2. The smallest absolute Gasteiger partial charge is 0.276 e. The maximum Gasteiger partial charge on any atom is 0.276 e. The van der Waals surface area contributed by atoms with Crippen LogP contribution in [-0.4, -0.2) is 25.8 Å². The van der Waals surface area contributed by atoms with E-state index in [2.05, 4.69) is 10.0 Å². The third-order valence-corrected chi connectivity index (χ3v) is 6.01. The van der Waals surface area contributed by atoms with Crippen LogP contribution in [0.3, 0.4) is 0 Å². The van der Waals surface area contributed by atoms with Crippen molar-refractivity contribution < 1.29 is 18.1 Å². The van der Waals surface area contributed by atoms with Crippen molar-refractivity contribution >= 4 is 33.4 Å². The van der Waals surface area contributed by atoms with Gasteiger partial charge in [0.1, 0.15) is 0 Å².